The van der Waals surface area contributed by atoms with Crippen molar-refractivity contribution in [2.45, 2.75) is 11.8 Å². The molecule has 0 bridgehead atoms. The van der Waals surface area contributed by atoms with Gasteiger partial charge in [0, 0.05) is 12.1 Å². The lowest BCUT2D eigenvalue weighted by Crippen LogP contribution is -2.46. The fourth-order valence-electron chi connectivity index (χ4n) is 2.48. The third kappa shape index (κ3) is 2.58. The Kier molecular flexibility index (Phi) is 3.82. The lowest BCUT2D eigenvalue weighted by Gasteiger charge is -2.34. The van der Waals surface area contributed by atoms with Crippen molar-refractivity contribution in [1.82, 2.24) is 0 Å². The maximum atomic E-state index is 13.0. The number of amides is 1. The summed E-state index contributed by atoms with van der Waals surface area (Å²) in [5.74, 6) is -0.287. The number of rotatable bonds is 2. The summed E-state index contributed by atoms with van der Waals surface area (Å²) in [6, 6.07) is 11.5. The largest absolute Gasteiger partial charge is 0.312 e. The molecule has 1 aliphatic rings. The Morgan fingerprint density at radius 1 is 1.09 bits per heavy atom. The summed E-state index contributed by atoms with van der Waals surface area (Å²) in [5, 5.41) is 0.375. The van der Waals surface area contributed by atoms with Crippen LogP contribution in [0.4, 0.5) is 11.4 Å². The van der Waals surface area contributed by atoms with Crippen molar-refractivity contribution >= 4 is 38.9 Å². The van der Waals surface area contributed by atoms with E-state index in [1.807, 2.05) is 0 Å². The molecule has 3 rings (SSSR count). The molecule has 1 aliphatic heterocycles. The van der Waals surface area contributed by atoms with Gasteiger partial charge in [-0.2, -0.15) is 0 Å². The Morgan fingerprint density at radius 3 is 2.39 bits per heavy atom. The lowest BCUT2D eigenvalue weighted by molar-refractivity contribution is -0.117. The summed E-state index contributed by atoms with van der Waals surface area (Å²) >= 11 is 6.05. The van der Waals surface area contributed by atoms with Gasteiger partial charge in [-0.3, -0.25) is 9.10 Å². The average Bonchev–Trinajstić information content (AvgIpc) is 2.53. The van der Waals surface area contributed by atoms with Crippen molar-refractivity contribution in [3.8, 4) is 0 Å². The number of anilines is 2. The standard InChI is InChI=1S/C16H15ClN2O3S/c1-11-7-8-12(9-13(11)17)23(21,22)19-10-16(20)18(2)14-5-3-4-6-15(14)19/h3-9H,10H2,1-2H3. The minimum Gasteiger partial charge on any atom is -0.312 e. The number of carbonyl (C=O) groups excluding carboxylic acids is 1. The van der Waals surface area contributed by atoms with Gasteiger partial charge < -0.3 is 4.90 Å². The van der Waals surface area contributed by atoms with Crippen molar-refractivity contribution in [3.05, 3.63) is 53.1 Å². The number of hydrogen-bond acceptors (Lipinski definition) is 3. The molecule has 0 N–H and O–H groups in total. The molecule has 2 aromatic carbocycles. The van der Waals surface area contributed by atoms with E-state index in [-0.39, 0.29) is 17.3 Å². The zero-order chi connectivity index (χ0) is 16.8. The molecule has 0 saturated heterocycles. The van der Waals surface area contributed by atoms with Gasteiger partial charge in [-0.25, -0.2) is 8.42 Å². The number of hydrogen-bond donors (Lipinski definition) is 0. The number of fused-ring (bicyclic) bond motifs is 1. The first-order valence-corrected chi connectivity index (χ1v) is 8.78. The monoisotopic (exact) mass is 350 g/mol. The molecule has 23 heavy (non-hydrogen) atoms. The van der Waals surface area contributed by atoms with Crippen LogP contribution in [0.15, 0.2) is 47.4 Å². The summed E-state index contributed by atoms with van der Waals surface area (Å²) in [6.07, 6.45) is 0. The summed E-state index contributed by atoms with van der Waals surface area (Å²) in [4.78, 5) is 13.7. The van der Waals surface area contributed by atoms with E-state index in [1.54, 1.807) is 44.3 Å². The Labute approximate surface area is 140 Å². The van der Waals surface area contributed by atoms with Gasteiger partial charge in [0.05, 0.1) is 16.3 Å². The number of benzene rings is 2. The summed E-state index contributed by atoms with van der Waals surface area (Å²) < 4.78 is 27.1. The second kappa shape index (κ2) is 5.54. The van der Waals surface area contributed by atoms with Crippen LogP contribution in [0, 0.1) is 6.92 Å². The van der Waals surface area contributed by atoms with Crippen LogP contribution >= 0.6 is 11.6 Å². The Bertz CT molecular complexity index is 896. The SMILES string of the molecule is Cc1ccc(S(=O)(=O)N2CC(=O)N(C)c3ccccc32)cc1Cl. The molecule has 0 atom stereocenters. The number of halogens is 1. The fraction of sp³-hybridized carbons (Fsp3) is 0.188. The molecule has 0 aliphatic carbocycles. The number of para-hydroxylation sites is 2. The fourth-order valence-corrected chi connectivity index (χ4v) is 4.18. The number of carbonyl (C=O) groups is 1. The highest BCUT2D eigenvalue weighted by Crippen LogP contribution is 2.36. The van der Waals surface area contributed by atoms with E-state index < -0.39 is 10.0 Å². The van der Waals surface area contributed by atoms with E-state index in [4.69, 9.17) is 11.6 Å². The molecular weight excluding hydrogens is 336 g/mol. The molecule has 5 nitrogen and oxygen atoms in total. The first kappa shape index (κ1) is 15.8. The number of likely N-dealkylation sites (N-methyl/N-ethyl adjacent to an activating group) is 1. The first-order valence-electron chi connectivity index (χ1n) is 6.97. The highest BCUT2D eigenvalue weighted by atomic mass is 35.5. The number of sulfonamides is 1. The molecule has 0 aromatic heterocycles. The van der Waals surface area contributed by atoms with Crippen molar-refractivity contribution in [2.24, 2.45) is 0 Å². The number of aryl methyl sites for hydroxylation is 1. The highest BCUT2D eigenvalue weighted by Gasteiger charge is 2.35. The molecule has 1 heterocycles. The van der Waals surface area contributed by atoms with Crippen LogP contribution in [0.2, 0.25) is 5.02 Å². The van der Waals surface area contributed by atoms with Gasteiger partial charge in [0.15, 0.2) is 0 Å². The molecular formula is C16H15ClN2O3S. The van der Waals surface area contributed by atoms with E-state index in [9.17, 15) is 13.2 Å². The summed E-state index contributed by atoms with van der Waals surface area (Å²) in [5.41, 5.74) is 1.83. The molecule has 0 unspecified atom stereocenters. The van der Waals surface area contributed by atoms with Crippen LogP contribution in [-0.4, -0.2) is 27.9 Å². The van der Waals surface area contributed by atoms with Gasteiger partial charge >= 0.3 is 0 Å². The molecule has 2 aromatic rings. The van der Waals surface area contributed by atoms with Crippen LogP contribution < -0.4 is 9.21 Å². The maximum Gasteiger partial charge on any atom is 0.264 e. The van der Waals surface area contributed by atoms with Crippen LogP contribution in [0.1, 0.15) is 5.56 Å². The third-order valence-corrected chi connectivity index (χ3v) is 6.06. The molecule has 1 amide bonds. The van der Waals surface area contributed by atoms with Crippen molar-refractivity contribution < 1.29 is 13.2 Å². The Balaban J connectivity index is 2.15. The number of nitrogens with zero attached hydrogens (tertiary/aromatic N) is 2. The third-order valence-electron chi connectivity index (χ3n) is 3.90. The predicted octanol–water partition coefficient (Wildman–Crippen LogP) is 2.82. The molecule has 0 saturated carbocycles. The predicted molar refractivity (Wildman–Crippen MR) is 90.6 cm³/mol. The summed E-state index contributed by atoms with van der Waals surface area (Å²) in [7, 11) is -2.24. The van der Waals surface area contributed by atoms with Crippen molar-refractivity contribution in [2.75, 3.05) is 22.8 Å². The van der Waals surface area contributed by atoms with Gasteiger partial charge in [0.2, 0.25) is 5.91 Å². The molecule has 7 heteroatoms. The second-order valence-electron chi connectivity index (χ2n) is 5.36. The quantitative estimate of drug-likeness (QED) is 0.836. The molecule has 120 valence electrons. The Morgan fingerprint density at radius 2 is 1.74 bits per heavy atom. The summed E-state index contributed by atoms with van der Waals surface area (Å²) in [6.45, 7) is 1.56. The van der Waals surface area contributed by atoms with Crippen LogP contribution in [0.5, 0.6) is 0 Å². The van der Waals surface area contributed by atoms with Crippen LogP contribution in [-0.2, 0) is 14.8 Å². The Hall–Kier alpha value is -2.05. The van der Waals surface area contributed by atoms with E-state index in [2.05, 4.69) is 0 Å². The average molecular weight is 351 g/mol. The minimum absolute atomic E-state index is 0.0697. The van der Waals surface area contributed by atoms with Gasteiger partial charge in [0.1, 0.15) is 6.54 Å². The van der Waals surface area contributed by atoms with Crippen LogP contribution in [0.25, 0.3) is 0 Å². The van der Waals surface area contributed by atoms with E-state index in [0.717, 1.165) is 9.87 Å². The first-order chi connectivity index (χ1) is 10.8. The molecule has 0 fully saturated rings. The van der Waals surface area contributed by atoms with E-state index in [1.165, 1.54) is 17.0 Å². The molecule has 0 radical (unpaired) electrons. The smallest absolute Gasteiger partial charge is 0.264 e. The topological polar surface area (TPSA) is 57.7 Å². The highest BCUT2D eigenvalue weighted by molar-refractivity contribution is 7.92. The second-order valence-corrected chi connectivity index (χ2v) is 7.63. The maximum absolute atomic E-state index is 13.0. The van der Waals surface area contributed by atoms with E-state index in [0.29, 0.717) is 16.4 Å². The van der Waals surface area contributed by atoms with Gasteiger partial charge in [-0.15, -0.1) is 0 Å². The minimum atomic E-state index is -3.87. The van der Waals surface area contributed by atoms with Crippen molar-refractivity contribution in [3.63, 3.8) is 0 Å². The van der Waals surface area contributed by atoms with E-state index >= 15 is 0 Å². The molecule has 0 spiro atoms. The lowest BCUT2D eigenvalue weighted by atomic mass is 10.2. The van der Waals surface area contributed by atoms with Gasteiger partial charge in [0.25, 0.3) is 10.0 Å². The van der Waals surface area contributed by atoms with Gasteiger partial charge in [-0.1, -0.05) is 29.8 Å². The van der Waals surface area contributed by atoms with Gasteiger partial charge in [-0.05, 0) is 36.8 Å². The zero-order valence-corrected chi connectivity index (χ0v) is 14.2. The van der Waals surface area contributed by atoms with Crippen LogP contribution in [0.3, 0.4) is 0 Å². The zero-order valence-electron chi connectivity index (χ0n) is 12.7. The normalized spacial score (nSPS) is 14.8. The van der Waals surface area contributed by atoms with Crippen molar-refractivity contribution in [1.29, 1.82) is 0 Å².